The minimum atomic E-state index is 0.625. The second-order valence-corrected chi connectivity index (χ2v) is 7.92. The summed E-state index contributed by atoms with van der Waals surface area (Å²) in [4.78, 5) is 0. The second kappa shape index (κ2) is 13.0. The lowest BCUT2D eigenvalue weighted by Crippen LogP contribution is -1.98. The van der Waals surface area contributed by atoms with Gasteiger partial charge in [0.05, 0.1) is 23.3 Å². The molecule has 0 heterocycles. The molecule has 4 heteroatoms. The first-order valence-corrected chi connectivity index (χ1v) is 11.3. The van der Waals surface area contributed by atoms with E-state index in [-0.39, 0.29) is 0 Å². The van der Waals surface area contributed by atoms with Crippen LogP contribution in [-0.4, -0.2) is 13.2 Å². The molecular formula is C24H32Cl2O2. The zero-order valence-electron chi connectivity index (χ0n) is 17.1. The molecule has 0 aliphatic carbocycles. The number of benzene rings is 2. The summed E-state index contributed by atoms with van der Waals surface area (Å²) in [6.07, 6.45) is 9.43. The minimum absolute atomic E-state index is 0.625. The van der Waals surface area contributed by atoms with Crippen LogP contribution < -0.4 is 9.47 Å². The fraction of sp³-hybridized carbons (Fsp3) is 0.500. The van der Waals surface area contributed by atoms with E-state index in [0.717, 1.165) is 35.5 Å². The molecule has 0 aliphatic heterocycles. The summed E-state index contributed by atoms with van der Waals surface area (Å²) in [6, 6.07) is 11.8. The van der Waals surface area contributed by atoms with Crippen molar-refractivity contribution in [2.75, 3.05) is 13.2 Å². The average molecular weight is 423 g/mol. The fourth-order valence-electron chi connectivity index (χ4n) is 3.02. The zero-order chi connectivity index (χ0) is 20.2. The number of halogens is 2. The summed E-state index contributed by atoms with van der Waals surface area (Å²) in [7, 11) is 0. The van der Waals surface area contributed by atoms with Crippen molar-refractivity contribution in [1.82, 2.24) is 0 Å². The molecule has 0 radical (unpaired) electrons. The van der Waals surface area contributed by atoms with Crippen LogP contribution in [-0.2, 0) is 0 Å². The molecule has 0 saturated carbocycles. The fourth-order valence-corrected chi connectivity index (χ4v) is 3.49. The summed E-state index contributed by atoms with van der Waals surface area (Å²) in [5, 5.41) is 1.25. The van der Waals surface area contributed by atoms with E-state index in [1.807, 2.05) is 36.4 Å². The van der Waals surface area contributed by atoms with E-state index >= 15 is 0 Å². The molecule has 0 bridgehead atoms. The molecule has 0 spiro atoms. The maximum Gasteiger partial charge on any atom is 0.137 e. The Labute approximate surface area is 180 Å². The van der Waals surface area contributed by atoms with Crippen LogP contribution in [0.25, 0.3) is 11.1 Å². The molecule has 28 heavy (non-hydrogen) atoms. The third-order valence-corrected chi connectivity index (χ3v) is 5.30. The minimum Gasteiger partial charge on any atom is -0.492 e. The summed E-state index contributed by atoms with van der Waals surface area (Å²) < 4.78 is 11.6. The van der Waals surface area contributed by atoms with Crippen molar-refractivity contribution in [3.63, 3.8) is 0 Å². The third kappa shape index (κ3) is 7.56. The van der Waals surface area contributed by atoms with Gasteiger partial charge in [-0.25, -0.2) is 0 Å². The van der Waals surface area contributed by atoms with Gasteiger partial charge in [-0.1, -0.05) is 87.7 Å². The lowest BCUT2D eigenvalue weighted by Gasteiger charge is -2.12. The van der Waals surface area contributed by atoms with Gasteiger partial charge in [0.15, 0.2) is 0 Å². The first-order chi connectivity index (χ1) is 13.7. The summed E-state index contributed by atoms with van der Waals surface area (Å²) in [6.45, 7) is 5.81. The Morgan fingerprint density at radius 2 is 1.04 bits per heavy atom. The van der Waals surface area contributed by atoms with Gasteiger partial charge in [-0.3, -0.25) is 0 Å². The molecule has 0 saturated heterocycles. The van der Waals surface area contributed by atoms with E-state index in [9.17, 15) is 0 Å². The normalized spacial score (nSPS) is 10.9. The highest BCUT2D eigenvalue weighted by molar-refractivity contribution is 6.33. The van der Waals surface area contributed by atoms with Crippen molar-refractivity contribution in [2.24, 2.45) is 0 Å². The molecule has 0 aromatic heterocycles. The van der Waals surface area contributed by atoms with Crippen LogP contribution in [0.3, 0.4) is 0 Å². The van der Waals surface area contributed by atoms with Gasteiger partial charge in [0.2, 0.25) is 0 Å². The predicted octanol–water partition coefficient (Wildman–Crippen LogP) is 8.58. The number of hydrogen-bond donors (Lipinski definition) is 0. The van der Waals surface area contributed by atoms with Gasteiger partial charge in [0.25, 0.3) is 0 Å². The maximum atomic E-state index is 6.42. The Morgan fingerprint density at radius 3 is 1.39 bits per heavy atom. The Kier molecular flexibility index (Phi) is 10.6. The van der Waals surface area contributed by atoms with Crippen molar-refractivity contribution < 1.29 is 9.47 Å². The Balaban J connectivity index is 1.93. The lowest BCUT2D eigenvalue weighted by molar-refractivity contribution is 0.305. The number of unbranched alkanes of at least 4 members (excludes halogenated alkanes) is 6. The van der Waals surface area contributed by atoms with Crippen LogP contribution in [0, 0.1) is 0 Å². The molecule has 0 unspecified atom stereocenters. The first-order valence-electron chi connectivity index (χ1n) is 10.5. The summed E-state index contributed by atoms with van der Waals surface area (Å²) in [5.74, 6) is 1.47. The van der Waals surface area contributed by atoms with Gasteiger partial charge in [-0.15, -0.1) is 0 Å². The first kappa shape index (κ1) is 22.9. The highest BCUT2D eigenvalue weighted by Gasteiger charge is 2.08. The molecule has 2 nitrogen and oxygen atoms in total. The largest absolute Gasteiger partial charge is 0.492 e. The molecule has 154 valence electrons. The van der Waals surface area contributed by atoms with Crippen molar-refractivity contribution in [1.29, 1.82) is 0 Å². The van der Waals surface area contributed by atoms with Crippen LogP contribution in [0.4, 0.5) is 0 Å². The molecule has 0 fully saturated rings. The quantitative estimate of drug-likeness (QED) is 0.300. The van der Waals surface area contributed by atoms with Crippen molar-refractivity contribution in [3.8, 4) is 22.6 Å². The molecule has 0 atom stereocenters. The number of rotatable bonds is 13. The van der Waals surface area contributed by atoms with Gasteiger partial charge < -0.3 is 9.47 Å². The standard InChI is InChI=1S/C24H32Cl2O2/c1-3-5-7-9-15-27-23-13-11-19(17-21(23)25)20-12-14-24(22(26)18-20)28-16-10-8-6-4-2/h11-14,17-18H,3-10,15-16H2,1-2H3. The van der Waals surface area contributed by atoms with E-state index in [4.69, 9.17) is 32.7 Å². The van der Waals surface area contributed by atoms with Crippen molar-refractivity contribution in [2.45, 2.75) is 65.2 Å². The highest BCUT2D eigenvalue weighted by Crippen LogP contribution is 2.34. The predicted molar refractivity (Wildman–Crippen MR) is 121 cm³/mol. The van der Waals surface area contributed by atoms with Crippen LogP contribution in [0.15, 0.2) is 36.4 Å². The monoisotopic (exact) mass is 422 g/mol. The van der Waals surface area contributed by atoms with Crippen LogP contribution in [0.1, 0.15) is 65.2 Å². The molecule has 0 aliphatic rings. The second-order valence-electron chi connectivity index (χ2n) is 7.11. The van der Waals surface area contributed by atoms with Crippen molar-refractivity contribution >= 4 is 23.2 Å². The highest BCUT2D eigenvalue weighted by atomic mass is 35.5. The van der Waals surface area contributed by atoms with Gasteiger partial charge >= 0.3 is 0 Å². The molecule has 0 amide bonds. The molecular weight excluding hydrogens is 391 g/mol. The van der Waals surface area contributed by atoms with Gasteiger partial charge in [-0.05, 0) is 48.2 Å². The summed E-state index contributed by atoms with van der Waals surface area (Å²) in [5.41, 5.74) is 2.03. The Bertz CT molecular complexity index is 654. The van der Waals surface area contributed by atoms with Crippen LogP contribution >= 0.6 is 23.2 Å². The van der Waals surface area contributed by atoms with Gasteiger partial charge in [-0.2, -0.15) is 0 Å². The number of ether oxygens (including phenoxy) is 2. The third-order valence-electron chi connectivity index (χ3n) is 4.71. The average Bonchev–Trinajstić information content (AvgIpc) is 2.69. The molecule has 0 N–H and O–H groups in total. The van der Waals surface area contributed by atoms with E-state index in [2.05, 4.69) is 13.8 Å². The molecule has 2 aromatic rings. The smallest absolute Gasteiger partial charge is 0.137 e. The van der Waals surface area contributed by atoms with E-state index in [0.29, 0.717) is 23.3 Å². The molecule has 2 aromatic carbocycles. The topological polar surface area (TPSA) is 18.5 Å². The van der Waals surface area contributed by atoms with Crippen molar-refractivity contribution in [3.05, 3.63) is 46.4 Å². The van der Waals surface area contributed by atoms with Gasteiger partial charge in [0.1, 0.15) is 11.5 Å². The van der Waals surface area contributed by atoms with Crippen LogP contribution in [0.5, 0.6) is 11.5 Å². The SMILES string of the molecule is CCCCCCOc1ccc(-c2ccc(OCCCCCC)c(Cl)c2)cc1Cl. The Hall–Kier alpha value is -1.38. The van der Waals surface area contributed by atoms with Crippen LogP contribution in [0.2, 0.25) is 10.0 Å². The Morgan fingerprint density at radius 1 is 0.607 bits per heavy atom. The van der Waals surface area contributed by atoms with Gasteiger partial charge in [0, 0.05) is 0 Å². The zero-order valence-corrected chi connectivity index (χ0v) is 18.6. The van der Waals surface area contributed by atoms with E-state index in [1.165, 1.54) is 38.5 Å². The van der Waals surface area contributed by atoms with E-state index < -0.39 is 0 Å². The lowest BCUT2D eigenvalue weighted by atomic mass is 10.1. The van der Waals surface area contributed by atoms with E-state index in [1.54, 1.807) is 0 Å². The maximum absolute atomic E-state index is 6.42. The molecule has 2 rings (SSSR count). The number of hydrogen-bond acceptors (Lipinski definition) is 2. The summed E-state index contributed by atoms with van der Waals surface area (Å²) >= 11 is 12.8.